The topological polar surface area (TPSA) is 369 Å². The van der Waals surface area contributed by atoms with Crippen molar-refractivity contribution in [1.29, 1.82) is 0 Å². The van der Waals surface area contributed by atoms with Crippen LogP contribution in [0, 0.1) is 54.8 Å². The molecule has 0 saturated carbocycles. The minimum Gasteiger partial charge on any atom is -0.222 e. The average Bonchev–Trinajstić information content (AvgIpc) is 0.745. The summed E-state index contributed by atoms with van der Waals surface area (Å²) in [7, 11) is -19.8. The number of hydrogen-bond acceptors (Lipinski definition) is 16. The first-order valence-corrected chi connectivity index (χ1v) is 38.1. The van der Waals surface area contributed by atoms with Crippen molar-refractivity contribution >= 4 is 172 Å². The molecule has 16 nitrogen and oxygen atoms in total. The van der Waals surface area contributed by atoms with Gasteiger partial charge in [-0.1, -0.05) is 327 Å². The molecule has 0 unspecified atom stereocenters. The summed E-state index contributed by atoms with van der Waals surface area (Å²) in [5, 5.41) is 43.6. The van der Waals surface area contributed by atoms with Gasteiger partial charge in [0.2, 0.25) is 0 Å². The van der Waals surface area contributed by atoms with Crippen LogP contribution in [0.3, 0.4) is 0 Å². The molecule has 0 N–H and O–H groups in total. The van der Waals surface area contributed by atoms with Crippen LogP contribution in [0.5, 0.6) is 0 Å². The van der Waals surface area contributed by atoms with Gasteiger partial charge in [0.1, 0.15) is 0 Å². The second-order valence-corrected chi connectivity index (χ2v) is 28.4. The van der Waals surface area contributed by atoms with Gasteiger partial charge in [0.25, 0.3) is 0 Å². The van der Waals surface area contributed by atoms with Crippen molar-refractivity contribution in [3.63, 3.8) is 0 Å². The summed E-state index contributed by atoms with van der Waals surface area (Å²) in [6.45, 7) is 4.19. The molecule has 24 heteroatoms. The zero-order valence-corrected chi connectivity index (χ0v) is 67.2. The quantitative estimate of drug-likeness (QED) is 0.0924. The molecule has 0 spiro atoms. The zero-order valence-electron chi connectivity index (χ0n) is 58.3. The van der Waals surface area contributed by atoms with Crippen LogP contribution in [-0.2, 0) is 89.5 Å². The molecule has 0 aliphatic heterocycles. The molecule has 112 heavy (non-hydrogen) atoms. The number of rotatable bonds is 0. The van der Waals surface area contributed by atoms with Crippen molar-refractivity contribution in [2.75, 3.05) is 0 Å². The Morgan fingerprint density at radius 3 is 0.339 bits per heavy atom. The van der Waals surface area contributed by atoms with Crippen LogP contribution in [0.4, 0.5) is 0 Å². The number of halogens is 4. The molecular weight excluding hydrogens is 1890 g/mol. The fourth-order valence-electron chi connectivity index (χ4n) is 14.9. The molecule has 0 aromatic heterocycles. The molecule has 0 amide bonds. The molecule has 21 aromatic carbocycles. The second kappa shape index (κ2) is 37.3. The number of hydrogen-bond donors (Lipinski definition) is 0. The van der Waals surface area contributed by atoms with Gasteiger partial charge in [0.05, 0.1) is 0 Å². The first kappa shape index (κ1) is 88.3. The molecule has 0 atom stereocenters. The van der Waals surface area contributed by atoms with Gasteiger partial charge in [-0.15, -0.1) is 41.0 Å². The van der Waals surface area contributed by atoms with E-state index in [1.165, 1.54) is 183 Å². The van der Waals surface area contributed by atoms with Crippen LogP contribution in [0.15, 0.2) is 315 Å². The molecule has 21 rings (SSSR count). The van der Waals surface area contributed by atoms with Crippen molar-refractivity contribution in [2.24, 2.45) is 0 Å². The van der Waals surface area contributed by atoms with Gasteiger partial charge >= 0.3 is 89.5 Å². The van der Waals surface area contributed by atoms with Crippen molar-refractivity contribution in [1.82, 2.24) is 0 Å². The smallest absolute Gasteiger partial charge is 0.222 e. The Balaban J connectivity index is 0.000000152. The number of benzene rings is 21. The molecule has 0 fully saturated rings. The van der Waals surface area contributed by atoms with Gasteiger partial charge in [0, 0.05) is 0 Å². The maximum atomic E-state index is 8.49. The Labute approximate surface area is 710 Å². The van der Waals surface area contributed by atoms with Crippen LogP contribution in [0.25, 0.3) is 172 Å². The Bertz CT molecular complexity index is 5580. The van der Waals surface area contributed by atoms with Crippen LogP contribution >= 0.6 is 0 Å². The molecule has 0 saturated heterocycles. The largest absolute Gasteiger partial charge is 1.00 e. The average molecular weight is 1940 g/mol. The van der Waals surface area contributed by atoms with E-state index in [0.717, 1.165) is 0 Å². The monoisotopic (exact) mass is 1940 g/mol. The van der Waals surface area contributed by atoms with E-state index in [4.69, 9.17) is 74.5 Å². The van der Waals surface area contributed by atoms with Gasteiger partial charge in [-0.25, -0.2) is 74.5 Å². The van der Waals surface area contributed by atoms with E-state index >= 15 is 0 Å². The summed E-state index contributed by atoms with van der Waals surface area (Å²) in [5.41, 5.74) is 2.66. The second-order valence-electron chi connectivity index (χ2n) is 25.3. The Morgan fingerprint density at radius 1 is 0.134 bits per heavy atom. The Kier molecular flexibility index (Phi) is 29.4. The SMILES string of the molecule is Cc1ccc(C)cc1.[Ag+].[Ag+].[Ag+].[Ag+].[O-][Cl+3]([O-])([O-])[O-].[O-][Cl+3]([O-])([O-])[O-].[O-][Cl+3]([O-])([O-])[O-].[O-][Cl+3]([O-])([O-])[O-].c1ccc2c(c1)c1cccc3ccc4cccc2c4c31.c1ccc2c(c1)c1cccc3ccc4cccc2c4c31.c1ccc2c(c1)c1cccc3ccc4cccc2c4c31.c1ccc2c(c1)c1cccc3ccc4cccc2c4c31. The van der Waals surface area contributed by atoms with E-state index in [0.29, 0.717) is 0 Å². The van der Waals surface area contributed by atoms with Gasteiger partial charge < -0.3 is 0 Å². The molecule has 0 heterocycles. The number of aryl methyl sites for hydroxylation is 2. The molecule has 0 aliphatic carbocycles. The van der Waals surface area contributed by atoms with Crippen LogP contribution in [0.2, 0.25) is 0 Å². The predicted octanol–water partition coefficient (Wildman–Crippen LogP) is 6.22. The van der Waals surface area contributed by atoms with Gasteiger partial charge in [-0.05, 0) is 186 Å². The first-order chi connectivity index (χ1) is 51.5. The van der Waals surface area contributed by atoms with Gasteiger partial charge in [-0.3, -0.25) is 0 Å². The van der Waals surface area contributed by atoms with E-state index in [1.807, 2.05) is 0 Å². The Morgan fingerprint density at radius 2 is 0.232 bits per heavy atom. The maximum Gasteiger partial charge on any atom is 1.00 e. The summed E-state index contributed by atoms with van der Waals surface area (Å²) in [4.78, 5) is 0. The van der Waals surface area contributed by atoms with Gasteiger partial charge in [-0.2, -0.15) is 0 Å². The van der Waals surface area contributed by atoms with Crippen LogP contribution in [0.1, 0.15) is 11.1 Å². The molecule has 0 aliphatic rings. The first-order valence-electron chi connectivity index (χ1n) is 33.2. The maximum absolute atomic E-state index is 8.49. The zero-order chi connectivity index (χ0) is 76.4. The minimum atomic E-state index is -4.94. The summed E-state index contributed by atoms with van der Waals surface area (Å²) in [6.07, 6.45) is 0. The van der Waals surface area contributed by atoms with Crippen LogP contribution < -0.4 is 74.5 Å². The fraction of sp³-hybridized carbons (Fsp3) is 0.0227. The summed E-state index contributed by atoms with van der Waals surface area (Å²) < 4.78 is 136. The molecule has 0 bridgehead atoms. The normalized spacial score (nSPS) is 11.4. The Hall–Kier alpha value is -7.70. The third kappa shape index (κ3) is 20.5. The third-order valence-corrected chi connectivity index (χ3v) is 18.8. The molecule has 578 valence electrons. The van der Waals surface area contributed by atoms with Crippen LogP contribution in [-0.4, -0.2) is 0 Å². The molecule has 21 aromatic rings. The van der Waals surface area contributed by atoms with E-state index < -0.39 is 41.0 Å². The van der Waals surface area contributed by atoms with Crippen molar-refractivity contribution in [3.05, 3.63) is 327 Å². The van der Waals surface area contributed by atoms with E-state index in [1.54, 1.807) is 0 Å². The van der Waals surface area contributed by atoms with E-state index in [9.17, 15) is 0 Å². The molecule has 0 radical (unpaired) electrons. The minimum absolute atomic E-state index is 0. The van der Waals surface area contributed by atoms with E-state index in [2.05, 4.69) is 329 Å². The van der Waals surface area contributed by atoms with Crippen molar-refractivity contribution in [3.8, 4) is 0 Å². The van der Waals surface area contributed by atoms with E-state index in [-0.39, 0.29) is 89.5 Å². The summed E-state index contributed by atoms with van der Waals surface area (Å²) >= 11 is 0. The summed E-state index contributed by atoms with van der Waals surface area (Å²) in [6, 6.07) is 114. The predicted molar refractivity (Wildman–Crippen MR) is 387 cm³/mol. The standard InChI is InChI=1S/4C20H12.C8H10.4Ag.4ClHO4/c4*1-2-8-16-15(7-1)17-9-3-5-13-11-12-14-6-4-10-18(16)20(14)19(13)17;1-7-3-5-8(2)6-4-7;;;;;4*2-1(3,4)5/h4*1-12H;3-6H,1-2H3;;;;;4*(H,2,3,4,5)/q;;;;;4*+1;;;;/p-4. The fourth-order valence-corrected chi connectivity index (χ4v) is 14.9. The summed E-state index contributed by atoms with van der Waals surface area (Å²) in [5.74, 6) is 0. The van der Waals surface area contributed by atoms with Crippen molar-refractivity contribution < 1.29 is 205 Å². The van der Waals surface area contributed by atoms with Gasteiger partial charge in [0.15, 0.2) is 0 Å². The number of fused-ring (bicyclic) bond motifs is 12. The molecular formula is C88H58Ag4Cl4O16. The third-order valence-electron chi connectivity index (χ3n) is 18.8. The van der Waals surface area contributed by atoms with Crippen molar-refractivity contribution in [2.45, 2.75) is 13.8 Å².